The molecule has 2 N–H and O–H groups in total. The predicted molar refractivity (Wildman–Crippen MR) is 59.5 cm³/mol. The second kappa shape index (κ2) is 3.30. The molecule has 2 rings (SSSR count). The third kappa shape index (κ3) is 1.64. The van der Waals surface area contributed by atoms with Crippen molar-refractivity contribution in [3.8, 4) is 0 Å². The second-order valence-electron chi connectivity index (χ2n) is 4.70. The van der Waals surface area contributed by atoms with Crippen molar-refractivity contribution in [2.45, 2.75) is 26.2 Å². The van der Waals surface area contributed by atoms with Gasteiger partial charge in [0.05, 0.1) is 11.1 Å². The molecule has 0 aliphatic rings. The summed E-state index contributed by atoms with van der Waals surface area (Å²) < 4.78 is 0. The van der Waals surface area contributed by atoms with Gasteiger partial charge < -0.3 is 10.1 Å². The van der Waals surface area contributed by atoms with Gasteiger partial charge in [-0.15, -0.1) is 0 Å². The number of fused-ring (bicyclic) bond motifs is 1. The van der Waals surface area contributed by atoms with Crippen LogP contribution in [0, 0.1) is 0 Å². The minimum Gasteiger partial charge on any atom is -0.478 e. The highest BCUT2D eigenvalue weighted by molar-refractivity contribution is 5.99. The van der Waals surface area contributed by atoms with E-state index >= 15 is 0 Å². The topological polar surface area (TPSA) is 78.9 Å². The Kier molecular flexibility index (Phi) is 2.18. The molecule has 2 aromatic heterocycles. The predicted octanol–water partition coefficient (Wildman–Crippen LogP) is 1.95. The average molecular weight is 219 g/mol. The maximum atomic E-state index is 11.0. The summed E-state index contributed by atoms with van der Waals surface area (Å²) in [7, 11) is 0. The Morgan fingerprint density at radius 2 is 2.12 bits per heavy atom. The monoisotopic (exact) mass is 219 g/mol. The van der Waals surface area contributed by atoms with Crippen LogP contribution in [0.1, 0.15) is 37.0 Å². The highest BCUT2D eigenvalue weighted by atomic mass is 16.4. The van der Waals surface area contributed by atoms with Gasteiger partial charge in [-0.1, -0.05) is 20.8 Å². The summed E-state index contributed by atoms with van der Waals surface area (Å²) in [5, 5.41) is 9.02. The van der Waals surface area contributed by atoms with Crippen LogP contribution in [-0.2, 0) is 5.41 Å². The number of aromatic nitrogens is 3. The third-order valence-electron chi connectivity index (χ3n) is 2.33. The van der Waals surface area contributed by atoms with Crippen molar-refractivity contribution >= 4 is 17.1 Å². The first kappa shape index (κ1) is 10.6. The van der Waals surface area contributed by atoms with Crippen molar-refractivity contribution in [2.24, 2.45) is 0 Å². The number of pyridine rings is 1. The van der Waals surface area contributed by atoms with Crippen LogP contribution < -0.4 is 0 Å². The van der Waals surface area contributed by atoms with Gasteiger partial charge in [0.1, 0.15) is 5.82 Å². The molecule has 2 aromatic rings. The first-order valence-electron chi connectivity index (χ1n) is 4.98. The average Bonchev–Trinajstić information content (AvgIpc) is 2.59. The number of imidazole rings is 1. The fraction of sp³-hybridized carbons (Fsp3) is 0.364. The highest BCUT2D eigenvalue weighted by Crippen LogP contribution is 2.23. The molecular weight excluding hydrogens is 206 g/mol. The standard InChI is InChI=1S/C11H13N3O2/c1-11(2,3)10-13-7-6(9(15)16)4-5-12-8(7)14-10/h4-5H,1-3H3,(H,15,16)(H,12,13,14). The second-order valence-corrected chi connectivity index (χ2v) is 4.70. The Hall–Kier alpha value is -1.91. The maximum absolute atomic E-state index is 11.0. The van der Waals surface area contributed by atoms with Gasteiger partial charge in [-0.2, -0.15) is 0 Å². The number of rotatable bonds is 1. The zero-order valence-electron chi connectivity index (χ0n) is 9.40. The lowest BCUT2D eigenvalue weighted by molar-refractivity contribution is 0.0698. The molecule has 0 saturated heterocycles. The molecule has 0 saturated carbocycles. The van der Waals surface area contributed by atoms with E-state index in [1.165, 1.54) is 12.3 Å². The van der Waals surface area contributed by atoms with E-state index in [-0.39, 0.29) is 11.0 Å². The third-order valence-corrected chi connectivity index (χ3v) is 2.33. The number of aromatic amines is 1. The van der Waals surface area contributed by atoms with Crippen LogP contribution in [0.2, 0.25) is 0 Å². The van der Waals surface area contributed by atoms with Crippen molar-refractivity contribution in [2.75, 3.05) is 0 Å². The molecule has 84 valence electrons. The molecule has 0 radical (unpaired) electrons. The van der Waals surface area contributed by atoms with Crippen molar-refractivity contribution in [3.05, 3.63) is 23.7 Å². The van der Waals surface area contributed by atoms with Gasteiger partial charge in [-0.3, -0.25) is 0 Å². The van der Waals surface area contributed by atoms with E-state index in [0.717, 1.165) is 5.82 Å². The number of nitrogens with zero attached hydrogens (tertiary/aromatic N) is 2. The van der Waals surface area contributed by atoms with Crippen molar-refractivity contribution < 1.29 is 9.90 Å². The molecule has 0 aliphatic heterocycles. The Balaban J connectivity index is 2.71. The fourth-order valence-corrected chi connectivity index (χ4v) is 1.44. The van der Waals surface area contributed by atoms with Crippen molar-refractivity contribution in [1.29, 1.82) is 0 Å². The molecule has 5 heteroatoms. The Morgan fingerprint density at radius 3 is 2.69 bits per heavy atom. The number of hydrogen-bond donors (Lipinski definition) is 2. The zero-order valence-corrected chi connectivity index (χ0v) is 9.40. The molecule has 0 unspecified atom stereocenters. The minimum atomic E-state index is -0.975. The highest BCUT2D eigenvalue weighted by Gasteiger charge is 2.20. The van der Waals surface area contributed by atoms with Crippen LogP contribution in [0.5, 0.6) is 0 Å². The number of carbonyl (C=O) groups is 1. The van der Waals surface area contributed by atoms with E-state index in [9.17, 15) is 4.79 Å². The Morgan fingerprint density at radius 1 is 1.44 bits per heavy atom. The van der Waals surface area contributed by atoms with E-state index in [1.54, 1.807) is 0 Å². The van der Waals surface area contributed by atoms with Gasteiger partial charge in [0.15, 0.2) is 5.65 Å². The van der Waals surface area contributed by atoms with Crippen LogP contribution in [0.3, 0.4) is 0 Å². The van der Waals surface area contributed by atoms with Gasteiger partial charge in [-0.05, 0) is 6.07 Å². The lowest BCUT2D eigenvalue weighted by Crippen LogP contribution is -2.13. The number of aromatic carboxylic acids is 1. The number of nitrogens with one attached hydrogen (secondary N) is 1. The zero-order chi connectivity index (χ0) is 11.9. The lowest BCUT2D eigenvalue weighted by atomic mass is 9.96. The van der Waals surface area contributed by atoms with Crippen LogP contribution in [0.15, 0.2) is 12.3 Å². The Labute approximate surface area is 92.5 Å². The molecule has 2 heterocycles. The van der Waals surface area contributed by atoms with Crippen molar-refractivity contribution in [3.63, 3.8) is 0 Å². The largest absolute Gasteiger partial charge is 0.478 e. The van der Waals surface area contributed by atoms with E-state index in [0.29, 0.717) is 11.2 Å². The normalized spacial score (nSPS) is 11.9. The van der Waals surface area contributed by atoms with Gasteiger partial charge in [-0.25, -0.2) is 14.8 Å². The van der Waals surface area contributed by atoms with Crippen molar-refractivity contribution in [1.82, 2.24) is 15.0 Å². The maximum Gasteiger partial charge on any atom is 0.338 e. The summed E-state index contributed by atoms with van der Waals surface area (Å²) in [5.41, 5.74) is 0.981. The number of carboxylic acid groups (broad SMARTS) is 1. The summed E-state index contributed by atoms with van der Waals surface area (Å²) in [6.45, 7) is 6.02. The molecular formula is C11H13N3O2. The molecule has 5 nitrogen and oxygen atoms in total. The smallest absolute Gasteiger partial charge is 0.338 e. The van der Waals surface area contributed by atoms with E-state index in [1.807, 2.05) is 20.8 Å². The first-order valence-corrected chi connectivity index (χ1v) is 4.98. The van der Waals surface area contributed by atoms with E-state index < -0.39 is 5.97 Å². The van der Waals surface area contributed by atoms with E-state index in [4.69, 9.17) is 5.11 Å². The summed E-state index contributed by atoms with van der Waals surface area (Å²) in [5.74, 6) is -0.236. The van der Waals surface area contributed by atoms with E-state index in [2.05, 4.69) is 15.0 Å². The van der Waals surface area contributed by atoms with Crippen LogP contribution in [0.25, 0.3) is 11.2 Å². The van der Waals surface area contributed by atoms with Gasteiger partial charge in [0, 0.05) is 11.6 Å². The summed E-state index contributed by atoms with van der Waals surface area (Å²) in [4.78, 5) is 22.4. The first-order chi connectivity index (χ1) is 7.39. The summed E-state index contributed by atoms with van der Waals surface area (Å²) >= 11 is 0. The molecule has 0 spiro atoms. The number of carboxylic acids is 1. The van der Waals surface area contributed by atoms with Crippen LogP contribution >= 0.6 is 0 Å². The van der Waals surface area contributed by atoms with Gasteiger partial charge in [0.2, 0.25) is 0 Å². The van der Waals surface area contributed by atoms with Gasteiger partial charge in [0.25, 0.3) is 0 Å². The molecule has 16 heavy (non-hydrogen) atoms. The quantitative estimate of drug-likeness (QED) is 0.768. The molecule has 0 fully saturated rings. The van der Waals surface area contributed by atoms with Crippen LogP contribution in [-0.4, -0.2) is 26.0 Å². The molecule has 0 atom stereocenters. The Bertz CT molecular complexity index is 552. The molecule has 0 aromatic carbocycles. The number of H-pyrrole nitrogens is 1. The SMILES string of the molecule is CC(C)(C)c1nc2nccc(C(=O)O)c2[nH]1. The van der Waals surface area contributed by atoms with Gasteiger partial charge >= 0.3 is 5.97 Å². The fourth-order valence-electron chi connectivity index (χ4n) is 1.44. The molecule has 0 aliphatic carbocycles. The number of hydrogen-bond acceptors (Lipinski definition) is 3. The summed E-state index contributed by atoms with van der Waals surface area (Å²) in [6.07, 6.45) is 1.46. The lowest BCUT2D eigenvalue weighted by Gasteiger charge is -2.13. The molecule has 0 amide bonds. The molecule has 0 bridgehead atoms. The van der Waals surface area contributed by atoms with Crippen LogP contribution in [0.4, 0.5) is 0 Å². The summed E-state index contributed by atoms with van der Waals surface area (Å²) in [6, 6.07) is 1.47. The minimum absolute atomic E-state index is 0.156.